The molecule has 2 aromatic rings. The SMILES string of the molecule is COc1nc(N(C)C)sc1CNc1ccc(F)cc1Br. The van der Waals surface area contributed by atoms with Crippen LogP contribution in [0.2, 0.25) is 0 Å². The summed E-state index contributed by atoms with van der Waals surface area (Å²) in [6, 6.07) is 4.54. The Morgan fingerprint density at radius 1 is 1.45 bits per heavy atom. The number of ether oxygens (including phenoxy) is 1. The minimum absolute atomic E-state index is 0.271. The van der Waals surface area contributed by atoms with Gasteiger partial charge in [-0.25, -0.2) is 4.39 Å². The first kappa shape index (κ1) is 15.1. The quantitative estimate of drug-likeness (QED) is 0.882. The molecule has 2 rings (SSSR count). The monoisotopic (exact) mass is 359 g/mol. The lowest BCUT2D eigenvalue weighted by Crippen LogP contribution is -2.07. The topological polar surface area (TPSA) is 37.4 Å². The van der Waals surface area contributed by atoms with Crippen molar-refractivity contribution in [1.82, 2.24) is 4.98 Å². The lowest BCUT2D eigenvalue weighted by Gasteiger charge is -2.08. The van der Waals surface area contributed by atoms with Crippen LogP contribution in [0.1, 0.15) is 4.88 Å². The van der Waals surface area contributed by atoms with Gasteiger partial charge in [0, 0.05) is 24.3 Å². The van der Waals surface area contributed by atoms with Gasteiger partial charge in [0.05, 0.1) is 18.5 Å². The van der Waals surface area contributed by atoms with Gasteiger partial charge in [0.1, 0.15) is 5.82 Å². The van der Waals surface area contributed by atoms with Crippen LogP contribution in [0, 0.1) is 5.82 Å². The Labute approximate surface area is 129 Å². The van der Waals surface area contributed by atoms with Crippen LogP contribution >= 0.6 is 27.3 Å². The summed E-state index contributed by atoms with van der Waals surface area (Å²) in [5.41, 5.74) is 0.827. The number of hydrogen-bond donors (Lipinski definition) is 1. The fourth-order valence-corrected chi connectivity index (χ4v) is 2.98. The lowest BCUT2D eigenvalue weighted by atomic mass is 10.3. The van der Waals surface area contributed by atoms with Crippen LogP contribution in [-0.4, -0.2) is 26.2 Å². The maximum atomic E-state index is 13.0. The van der Waals surface area contributed by atoms with Gasteiger partial charge in [-0.3, -0.25) is 0 Å². The van der Waals surface area contributed by atoms with Crippen LogP contribution in [0.3, 0.4) is 0 Å². The van der Waals surface area contributed by atoms with Crippen molar-refractivity contribution in [2.24, 2.45) is 0 Å². The number of methoxy groups -OCH3 is 1. The molecule has 7 heteroatoms. The molecule has 0 bridgehead atoms. The highest BCUT2D eigenvalue weighted by molar-refractivity contribution is 9.10. The molecular weight excluding hydrogens is 345 g/mol. The first-order chi connectivity index (χ1) is 9.51. The fourth-order valence-electron chi connectivity index (χ4n) is 1.60. The first-order valence-corrected chi connectivity index (χ1v) is 7.52. The number of hydrogen-bond acceptors (Lipinski definition) is 5. The molecule has 0 saturated carbocycles. The van der Waals surface area contributed by atoms with E-state index in [-0.39, 0.29) is 5.82 Å². The number of aromatic nitrogens is 1. The van der Waals surface area contributed by atoms with Crippen LogP contribution in [0.5, 0.6) is 5.88 Å². The predicted octanol–water partition coefficient (Wildman–Crippen LogP) is 3.73. The van der Waals surface area contributed by atoms with Gasteiger partial charge in [-0.2, -0.15) is 4.98 Å². The molecule has 1 aromatic carbocycles. The van der Waals surface area contributed by atoms with Crippen molar-refractivity contribution in [2.75, 3.05) is 31.4 Å². The zero-order chi connectivity index (χ0) is 14.7. The summed E-state index contributed by atoms with van der Waals surface area (Å²) in [5.74, 6) is 0.345. The van der Waals surface area contributed by atoms with Crippen molar-refractivity contribution < 1.29 is 9.13 Å². The van der Waals surface area contributed by atoms with E-state index in [1.807, 2.05) is 19.0 Å². The molecule has 108 valence electrons. The van der Waals surface area contributed by atoms with Crippen LogP contribution in [0.25, 0.3) is 0 Å². The number of halogens is 2. The maximum absolute atomic E-state index is 13.0. The second kappa shape index (κ2) is 6.41. The van der Waals surface area contributed by atoms with Gasteiger partial charge in [0.25, 0.3) is 0 Å². The van der Waals surface area contributed by atoms with Gasteiger partial charge in [0.15, 0.2) is 5.13 Å². The molecule has 0 amide bonds. The molecule has 0 fully saturated rings. The van der Waals surface area contributed by atoms with E-state index in [0.29, 0.717) is 16.9 Å². The van der Waals surface area contributed by atoms with E-state index in [1.54, 1.807) is 24.5 Å². The molecule has 0 aliphatic heterocycles. The Morgan fingerprint density at radius 3 is 2.80 bits per heavy atom. The summed E-state index contributed by atoms with van der Waals surface area (Å²) >= 11 is 4.89. The number of nitrogens with zero attached hydrogens (tertiary/aromatic N) is 2. The van der Waals surface area contributed by atoms with Crippen molar-refractivity contribution in [3.05, 3.63) is 33.4 Å². The molecule has 0 unspecified atom stereocenters. The van der Waals surface area contributed by atoms with Crippen molar-refractivity contribution in [3.8, 4) is 5.88 Å². The molecule has 1 N–H and O–H groups in total. The highest BCUT2D eigenvalue weighted by Crippen LogP contribution is 2.32. The Bertz CT molecular complexity index is 603. The van der Waals surface area contributed by atoms with E-state index in [1.165, 1.54) is 12.1 Å². The molecular formula is C13H15BrFN3OS. The molecule has 1 aromatic heterocycles. The largest absolute Gasteiger partial charge is 0.480 e. The van der Waals surface area contributed by atoms with Crippen LogP contribution < -0.4 is 15.0 Å². The summed E-state index contributed by atoms with van der Waals surface area (Å²) in [4.78, 5) is 7.32. The van der Waals surface area contributed by atoms with Gasteiger partial charge in [0.2, 0.25) is 5.88 Å². The zero-order valence-corrected chi connectivity index (χ0v) is 13.8. The highest BCUT2D eigenvalue weighted by Gasteiger charge is 2.13. The standard InChI is InChI=1S/C13H15BrFN3OS/c1-18(2)13-17-12(19-3)11(20-13)7-16-10-5-4-8(15)6-9(10)14/h4-6,16H,7H2,1-3H3. The van der Waals surface area contributed by atoms with Crippen LogP contribution in [0.4, 0.5) is 15.2 Å². The Balaban J connectivity index is 2.14. The summed E-state index contributed by atoms with van der Waals surface area (Å²) in [7, 11) is 5.48. The van der Waals surface area contributed by atoms with E-state index in [9.17, 15) is 4.39 Å². The molecule has 1 heterocycles. The molecule has 20 heavy (non-hydrogen) atoms. The van der Waals surface area contributed by atoms with Gasteiger partial charge >= 0.3 is 0 Å². The zero-order valence-electron chi connectivity index (χ0n) is 11.4. The summed E-state index contributed by atoms with van der Waals surface area (Å²) in [6.07, 6.45) is 0. The number of rotatable bonds is 5. The van der Waals surface area contributed by atoms with Crippen molar-refractivity contribution in [1.29, 1.82) is 0 Å². The third-order valence-electron chi connectivity index (χ3n) is 2.60. The Morgan fingerprint density at radius 2 is 2.20 bits per heavy atom. The van der Waals surface area contributed by atoms with Gasteiger partial charge in [-0.1, -0.05) is 11.3 Å². The number of benzene rings is 1. The molecule has 4 nitrogen and oxygen atoms in total. The second-order valence-electron chi connectivity index (χ2n) is 4.30. The van der Waals surface area contributed by atoms with Crippen LogP contribution in [0.15, 0.2) is 22.7 Å². The second-order valence-corrected chi connectivity index (χ2v) is 6.22. The van der Waals surface area contributed by atoms with Crippen molar-refractivity contribution in [2.45, 2.75) is 6.54 Å². The molecule has 0 aliphatic rings. The van der Waals surface area contributed by atoms with Crippen molar-refractivity contribution in [3.63, 3.8) is 0 Å². The maximum Gasteiger partial charge on any atom is 0.231 e. The summed E-state index contributed by atoms with van der Waals surface area (Å²) in [5, 5.41) is 4.13. The Kier molecular flexibility index (Phi) is 4.82. The third kappa shape index (κ3) is 3.40. The molecule has 0 spiro atoms. The molecule has 0 aliphatic carbocycles. The molecule has 0 atom stereocenters. The number of anilines is 2. The van der Waals surface area contributed by atoms with E-state index in [2.05, 4.69) is 26.2 Å². The summed E-state index contributed by atoms with van der Waals surface area (Å²) in [6.45, 7) is 0.568. The minimum Gasteiger partial charge on any atom is -0.480 e. The van der Waals surface area contributed by atoms with E-state index in [0.717, 1.165) is 15.7 Å². The molecule has 0 radical (unpaired) electrons. The number of nitrogens with one attached hydrogen (secondary N) is 1. The number of thiazole rings is 1. The Hall–Kier alpha value is -1.34. The average molecular weight is 360 g/mol. The smallest absolute Gasteiger partial charge is 0.231 e. The van der Waals surface area contributed by atoms with Crippen molar-refractivity contribution >= 4 is 38.1 Å². The average Bonchev–Trinajstić information content (AvgIpc) is 2.81. The lowest BCUT2D eigenvalue weighted by molar-refractivity contribution is 0.397. The van der Waals surface area contributed by atoms with Gasteiger partial charge in [-0.15, -0.1) is 0 Å². The fraction of sp³-hybridized carbons (Fsp3) is 0.308. The summed E-state index contributed by atoms with van der Waals surface area (Å²) < 4.78 is 19.0. The van der Waals surface area contributed by atoms with Crippen LogP contribution in [-0.2, 0) is 6.54 Å². The third-order valence-corrected chi connectivity index (χ3v) is 4.46. The predicted molar refractivity (Wildman–Crippen MR) is 84.4 cm³/mol. The van der Waals surface area contributed by atoms with E-state index in [4.69, 9.17) is 4.74 Å². The first-order valence-electron chi connectivity index (χ1n) is 5.91. The van der Waals surface area contributed by atoms with Gasteiger partial charge < -0.3 is 15.0 Å². The normalized spacial score (nSPS) is 10.4. The molecule has 0 saturated heterocycles. The van der Waals surface area contributed by atoms with E-state index < -0.39 is 0 Å². The van der Waals surface area contributed by atoms with E-state index >= 15 is 0 Å². The highest BCUT2D eigenvalue weighted by atomic mass is 79.9. The minimum atomic E-state index is -0.271. The van der Waals surface area contributed by atoms with Gasteiger partial charge in [-0.05, 0) is 34.1 Å².